The monoisotopic (exact) mass is 240 g/mol. The van der Waals surface area contributed by atoms with Crippen molar-refractivity contribution >= 4 is 11.6 Å². The molecule has 2 rings (SSSR count). The summed E-state index contributed by atoms with van der Waals surface area (Å²) in [6.07, 6.45) is 0. The number of nitrogens with one attached hydrogen (secondary N) is 1. The molecule has 0 spiro atoms. The van der Waals surface area contributed by atoms with Crippen molar-refractivity contribution < 1.29 is 4.74 Å². The predicted octanol–water partition coefficient (Wildman–Crippen LogP) is 1.75. The minimum absolute atomic E-state index is 0.612. The second kappa shape index (κ2) is 5.04. The lowest BCUT2D eigenvalue weighted by Gasteiger charge is -2.36. The average Bonchev–Trinajstić information content (AvgIpc) is 2.18. The largest absolute Gasteiger partial charge is 0.496 e. The van der Waals surface area contributed by atoms with Crippen LogP contribution >= 0.6 is 11.6 Å². The maximum Gasteiger partial charge on any atom is 0.124 e. The molecule has 1 aromatic carbocycles. The number of halogens is 1. The first-order chi connectivity index (χ1) is 7.72. The van der Waals surface area contributed by atoms with E-state index in [1.807, 2.05) is 18.2 Å². The van der Waals surface area contributed by atoms with Gasteiger partial charge in [-0.2, -0.15) is 0 Å². The van der Waals surface area contributed by atoms with Gasteiger partial charge in [-0.1, -0.05) is 17.7 Å². The normalized spacial score (nSPS) is 16.2. The Hall–Kier alpha value is -0.770. The Bertz CT molecular complexity index is 366. The lowest BCUT2D eigenvalue weighted by Crippen LogP contribution is -2.55. The van der Waals surface area contributed by atoms with Gasteiger partial charge in [0.05, 0.1) is 7.11 Å². The molecule has 0 saturated carbocycles. The molecule has 1 aromatic rings. The molecule has 1 aliphatic heterocycles. The third kappa shape index (κ3) is 2.32. The summed E-state index contributed by atoms with van der Waals surface area (Å²) in [6, 6.07) is 6.39. The molecule has 1 heterocycles. The van der Waals surface area contributed by atoms with Gasteiger partial charge in [-0.05, 0) is 19.2 Å². The van der Waals surface area contributed by atoms with Crippen molar-refractivity contribution in [2.75, 3.05) is 27.2 Å². The molecule has 1 aliphatic rings. The number of methoxy groups -OCH3 is 1. The number of benzene rings is 1. The quantitative estimate of drug-likeness (QED) is 0.868. The van der Waals surface area contributed by atoms with Crippen LogP contribution in [0.2, 0.25) is 5.02 Å². The molecule has 0 amide bonds. The molecule has 3 nitrogen and oxygen atoms in total. The second-order valence-corrected chi connectivity index (χ2v) is 4.56. The number of hydrogen-bond acceptors (Lipinski definition) is 3. The highest BCUT2D eigenvalue weighted by Gasteiger charge is 2.22. The van der Waals surface area contributed by atoms with Crippen LogP contribution in [0.4, 0.5) is 0 Å². The maximum absolute atomic E-state index is 6.20. The Labute approximate surface area is 101 Å². The Balaban J connectivity index is 2.12. The van der Waals surface area contributed by atoms with Gasteiger partial charge in [-0.15, -0.1) is 0 Å². The molecule has 0 aliphatic carbocycles. The summed E-state index contributed by atoms with van der Waals surface area (Å²) in [5, 5.41) is 4.04. The standard InChI is InChI=1S/C12H17ClN2O/c1-15(9-6-14-7-9)8-10-11(13)4-3-5-12(10)16-2/h3-5,9,14H,6-8H2,1-2H3. The van der Waals surface area contributed by atoms with Crippen LogP contribution in [0.5, 0.6) is 5.75 Å². The third-order valence-electron chi connectivity index (χ3n) is 3.09. The predicted molar refractivity (Wildman–Crippen MR) is 66.1 cm³/mol. The van der Waals surface area contributed by atoms with Gasteiger partial charge >= 0.3 is 0 Å². The fourth-order valence-corrected chi connectivity index (χ4v) is 2.07. The van der Waals surface area contributed by atoms with E-state index >= 15 is 0 Å². The van der Waals surface area contributed by atoms with E-state index in [9.17, 15) is 0 Å². The minimum atomic E-state index is 0.612. The Morgan fingerprint density at radius 2 is 2.25 bits per heavy atom. The van der Waals surface area contributed by atoms with Crippen LogP contribution in [-0.2, 0) is 6.54 Å². The van der Waals surface area contributed by atoms with Gasteiger partial charge in [0.2, 0.25) is 0 Å². The summed E-state index contributed by atoms with van der Waals surface area (Å²) in [7, 11) is 3.80. The smallest absolute Gasteiger partial charge is 0.124 e. The van der Waals surface area contributed by atoms with Gasteiger partial charge in [0.25, 0.3) is 0 Å². The Kier molecular flexibility index (Phi) is 3.69. The molecular weight excluding hydrogens is 224 g/mol. The second-order valence-electron chi connectivity index (χ2n) is 4.15. The highest BCUT2D eigenvalue weighted by Crippen LogP contribution is 2.27. The van der Waals surface area contributed by atoms with Gasteiger partial charge in [-0.3, -0.25) is 4.90 Å². The van der Waals surface area contributed by atoms with Crippen LogP contribution in [0.1, 0.15) is 5.56 Å². The van der Waals surface area contributed by atoms with E-state index in [1.165, 1.54) is 0 Å². The number of hydrogen-bond donors (Lipinski definition) is 1. The molecule has 0 unspecified atom stereocenters. The van der Waals surface area contributed by atoms with Crippen molar-refractivity contribution in [3.05, 3.63) is 28.8 Å². The van der Waals surface area contributed by atoms with Crippen LogP contribution in [0.3, 0.4) is 0 Å². The van der Waals surface area contributed by atoms with Crippen LogP contribution in [0.15, 0.2) is 18.2 Å². The topological polar surface area (TPSA) is 24.5 Å². The zero-order chi connectivity index (χ0) is 11.5. The van der Waals surface area contributed by atoms with Crippen LogP contribution in [-0.4, -0.2) is 38.2 Å². The molecule has 16 heavy (non-hydrogen) atoms. The lowest BCUT2D eigenvalue weighted by molar-refractivity contribution is 0.171. The van der Waals surface area contributed by atoms with Crippen LogP contribution in [0.25, 0.3) is 0 Å². The Morgan fingerprint density at radius 3 is 2.81 bits per heavy atom. The average molecular weight is 241 g/mol. The molecule has 1 fully saturated rings. The van der Waals surface area contributed by atoms with E-state index in [0.29, 0.717) is 6.04 Å². The number of likely N-dealkylation sites (N-methyl/N-ethyl adjacent to an activating group) is 1. The Morgan fingerprint density at radius 1 is 1.50 bits per heavy atom. The van der Waals surface area contributed by atoms with E-state index in [1.54, 1.807) is 7.11 Å². The van der Waals surface area contributed by atoms with Crippen molar-refractivity contribution in [1.29, 1.82) is 0 Å². The van der Waals surface area contributed by atoms with Gasteiger partial charge in [-0.25, -0.2) is 0 Å². The molecule has 1 N–H and O–H groups in total. The van der Waals surface area contributed by atoms with Gasteiger partial charge in [0, 0.05) is 36.3 Å². The van der Waals surface area contributed by atoms with Crippen molar-refractivity contribution in [3.8, 4) is 5.75 Å². The van der Waals surface area contributed by atoms with E-state index in [0.717, 1.165) is 36.0 Å². The molecule has 88 valence electrons. The molecule has 0 bridgehead atoms. The van der Waals surface area contributed by atoms with Crippen molar-refractivity contribution in [1.82, 2.24) is 10.2 Å². The highest BCUT2D eigenvalue weighted by atomic mass is 35.5. The zero-order valence-electron chi connectivity index (χ0n) is 9.66. The first-order valence-corrected chi connectivity index (χ1v) is 5.82. The van der Waals surface area contributed by atoms with Crippen molar-refractivity contribution in [3.63, 3.8) is 0 Å². The molecule has 4 heteroatoms. The lowest BCUT2D eigenvalue weighted by atomic mass is 10.1. The van der Waals surface area contributed by atoms with E-state index in [-0.39, 0.29) is 0 Å². The summed E-state index contributed by atoms with van der Waals surface area (Å²) in [5.41, 5.74) is 1.07. The highest BCUT2D eigenvalue weighted by molar-refractivity contribution is 6.31. The molecule has 0 radical (unpaired) electrons. The van der Waals surface area contributed by atoms with E-state index in [4.69, 9.17) is 16.3 Å². The zero-order valence-corrected chi connectivity index (χ0v) is 10.4. The fourth-order valence-electron chi connectivity index (χ4n) is 1.85. The summed E-state index contributed by atoms with van der Waals surface area (Å²) in [5.74, 6) is 0.867. The first-order valence-electron chi connectivity index (χ1n) is 5.44. The van der Waals surface area contributed by atoms with Crippen molar-refractivity contribution in [2.24, 2.45) is 0 Å². The number of rotatable bonds is 4. The van der Waals surface area contributed by atoms with E-state index in [2.05, 4.69) is 17.3 Å². The fraction of sp³-hybridized carbons (Fsp3) is 0.500. The van der Waals surface area contributed by atoms with Crippen LogP contribution < -0.4 is 10.1 Å². The summed E-state index contributed by atoms with van der Waals surface area (Å²) in [6.45, 7) is 2.95. The number of ether oxygens (including phenoxy) is 1. The van der Waals surface area contributed by atoms with Gasteiger partial charge in [0.15, 0.2) is 0 Å². The first kappa shape index (κ1) is 11.7. The summed E-state index contributed by atoms with van der Waals surface area (Å²) >= 11 is 6.20. The van der Waals surface area contributed by atoms with E-state index < -0.39 is 0 Å². The summed E-state index contributed by atoms with van der Waals surface area (Å²) in [4.78, 5) is 2.31. The molecular formula is C12H17ClN2O. The van der Waals surface area contributed by atoms with Crippen LogP contribution in [0, 0.1) is 0 Å². The maximum atomic E-state index is 6.20. The van der Waals surface area contributed by atoms with Gasteiger partial charge < -0.3 is 10.1 Å². The summed E-state index contributed by atoms with van der Waals surface area (Å²) < 4.78 is 5.33. The molecule has 0 atom stereocenters. The number of nitrogens with zero attached hydrogens (tertiary/aromatic N) is 1. The third-order valence-corrected chi connectivity index (χ3v) is 3.44. The molecule has 1 saturated heterocycles. The van der Waals surface area contributed by atoms with Crippen molar-refractivity contribution in [2.45, 2.75) is 12.6 Å². The molecule has 0 aromatic heterocycles. The SMILES string of the molecule is COc1cccc(Cl)c1CN(C)C1CNC1. The van der Waals surface area contributed by atoms with Gasteiger partial charge in [0.1, 0.15) is 5.75 Å². The minimum Gasteiger partial charge on any atom is -0.496 e.